The third-order valence-corrected chi connectivity index (χ3v) is 3.44. The molecule has 0 aliphatic rings. The smallest absolute Gasteiger partial charge is 0.376 e. The van der Waals surface area contributed by atoms with E-state index in [4.69, 9.17) is 0 Å². The molecule has 0 heterocycles. The number of carbonyl (C=O) groups is 1. The molecule has 1 atom stereocenters. The van der Waals surface area contributed by atoms with Crippen LogP contribution >= 0.6 is 15.9 Å². The van der Waals surface area contributed by atoms with Crippen molar-refractivity contribution in [1.29, 1.82) is 0 Å². The molecule has 0 saturated heterocycles. The maximum absolute atomic E-state index is 13.2. The third kappa shape index (κ3) is 4.03. The van der Waals surface area contributed by atoms with Crippen LogP contribution in [-0.2, 0) is 19.9 Å². The van der Waals surface area contributed by atoms with Gasteiger partial charge in [0.1, 0.15) is 0 Å². The van der Waals surface area contributed by atoms with E-state index in [9.17, 15) is 23.1 Å². The lowest BCUT2D eigenvalue weighted by atomic mass is 9.87. The molecule has 0 aliphatic heterocycles. The van der Waals surface area contributed by atoms with Crippen molar-refractivity contribution in [3.63, 3.8) is 0 Å². The second-order valence-electron chi connectivity index (χ2n) is 4.31. The lowest BCUT2D eigenvalue weighted by Gasteiger charge is -2.31. The van der Waals surface area contributed by atoms with E-state index in [0.29, 0.717) is 4.47 Å². The molecule has 0 spiro atoms. The van der Waals surface area contributed by atoms with Gasteiger partial charge in [0.25, 0.3) is 0 Å². The van der Waals surface area contributed by atoms with Crippen LogP contribution in [-0.4, -0.2) is 37.6 Å². The average Bonchev–Trinajstić information content (AvgIpc) is 2.39. The Balaban J connectivity index is 3.17. The molecule has 1 N–H and O–H groups in total. The molecule has 0 aromatic heterocycles. The summed E-state index contributed by atoms with van der Waals surface area (Å²) in [5.41, 5.74) is -3.74. The Kier molecular flexibility index (Phi) is 5.92. The van der Waals surface area contributed by atoms with E-state index >= 15 is 0 Å². The van der Waals surface area contributed by atoms with Gasteiger partial charge in [-0.05, 0) is 17.7 Å². The van der Waals surface area contributed by atoms with Crippen molar-refractivity contribution < 1.29 is 32.5 Å². The van der Waals surface area contributed by atoms with Crippen molar-refractivity contribution in [3.8, 4) is 0 Å². The first kappa shape index (κ1) is 18.1. The van der Waals surface area contributed by atoms with Gasteiger partial charge < -0.3 is 14.6 Å². The van der Waals surface area contributed by atoms with Crippen LogP contribution in [0.1, 0.15) is 12.0 Å². The van der Waals surface area contributed by atoms with Gasteiger partial charge in [-0.25, -0.2) is 0 Å². The molecule has 0 amide bonds. The SMILES string of the molecule is COC(OC)C(=O)C[C@](O)(c1ccc(Br)cc1)C(F)(F)F. The van der Waals surface area contributed by atoms with E-state index in [2.05, 4.69) is 25.4 Å². The number of halogens is 4. The number of rotatable bonds is 6. The van der Waals surface area contributed by atoms with Crippen LogP contribution in [0.2, 0.25) is 0 Å². The zero-order valence-corrected chi connectivity index (χ0v) is 12.9. The van der Waals surface area contributed by atoms with E-state index in [1.165, 1.54) is 12.1 Å². The molecule has 8 heteroatoms. The number of hydrogen-bond donors (Lipinski definition) is 1. The number of aliphatic hydroxyl groups is 1. The van der Waals surface area contributed by atoms with Crippen molar-refractivity contribution in [1.82, 2.24) is 0 Å². The molecule has 21 heavy (non-hydrogen) atoms. The van der Waals surface area contributed by atoms with Gasteiger partial charge in [-0.1, -0.05) is 28.1 Å². The van der Waals surface area contributed by atoms with Gasteiger partial charge in [-0.15, -0.1) is 0 Å². The van der Waals surface area contributed by atoms with Crippen molar-refractivity contribution in [2.45, 2.75) is 24.5 Å². The Morgan fingerprint density at radius 1 is 1.24 bits per heavy atom. The van der Waals surface area contributed by atoms with Crippen LogP contribution < -0.4 is 0 Å². The first-order valence-electron chi connectivity index (χ1n) is 5.79. The van der Waals surface area contributed by atoms with Gasteiger partial charge in [0, 0.05) is 18.7 Å². The van der Waals surface area contributed by atoms with Crippen LogP contribution in [0, 0.1) is 0 Å². The number of benzene rings is 1. The fourth-order valence-electron chi connectivity index (χ4n) is 1.79. The van der Waals surface area contributed by atoms with Crippen LogP contribution in [0.15, 0.2) is 28.7 Å². The molecule has 0 aliphatic carbocycles. The molecule has 0 radical (unpaired) electrons. The standard InChI is InChI=1S/C13H14BrF3O4/c1-20-11(21-2)10(18)7-12(19,13(15,16)17)8-3-5-9(14)6-4-8/h3-6,11,19H,7H2,1-2H3/t12-/m0/s1. The summed E-state index contributed by atoms with van der Waals surface area (Å²) in [6.07, 6.45) is -7.69. The Bertz CT molecular complexity index is 485. The molecule has 4 nitrogen and oxygen atoms in total. The topological polar surface area (TPSA) is 55.8 Å². The van der Waals surface area contributed by atoms with E-state index in [0.717, 1.165) is 26.4 Å². The van der Waals surface area contributed by atoms with Crippen LogP contribution in [0.25, 0.3) is 0 Å². The lowest BCUT2D eigenvalue weighted by Crippen LogP contribution is -2.46. The highest BCUT2D eigenvalue weighted by molar-refractivity contribution is 9.10. The maximum atomic E-state index is 13.2. The highest BCUT2D eigenvalue weighted by Crippen LogP contribution is 2.42. The zero-order chi connectivity index (χ0) is 16.3. The van der Waals surface area contributed by atoms with E-state index in [-0.39, 0.29) is 0 Å². The second kappa shape index (κ2) is 6.87. The fraction of sp³-hybridized carbons (Fsp3) is 0.462. The molecule has 1 aromatic carbocycles. The van der Waals surface area contributed by atoms with Crippen LogP contribution in [0.4, 0.5) is 13.2 Å². The summed E-state index contributed by atoms with van der Waals surface area (Å²) in [6.45, 7) is 0. The number of Topliss-reactive ketones (excluding diaryl/α,β-unsaturated/α-hetero) is 1. The van der Waals surface area contributed by atoms with Crippen LogP contribution in [0.5, 0.6) is 0 Å². The molecule has 0 fully saturated rings. The molecular weight excluding hydrogens is 357 g/mol. The molecule has 0 saturated carbocycles. The van der Waals surface area contributed by atoms with Crippen LogP contribution in [0.3, 0.4) is 0 Å². The van der Waals surface area contributed by atoms with Crippen molar-refractivity contribution in [2.75, 3.05) is 14.2 Å². The van der Waals surface area contributed by atoms with Gasteiger partial charge in [-0.3, -0.25) is 4.79 Å². The minimum absolute atomic E-state index is 0.433. The van der Waals surface area contributed by atoms with Gasteiger partial charge in [0.05, 0.1) is 6.42 Å². The molecule has 0 unspecified atom stereocenters. The van der Waals surface area contributed by atoms with Crippen molar-refractivity contribution >= 4 is 21.7 Å². The second-order valence-corrected chi connectivity index (χ2v) is 5.23. The summed E-state index contributed by atoms with van der Waals surface area (Å²) in [7, 11) is 2.25. The molecular formula is C13H14BrF3O4. The zero-order valence-electron chi connectivity index (χ0n) is 11.3. The third-order valence-electron chi connectivity index (χ3n) is 2.91. The first-order chi connectivity index (χ1) is 9.65. The van der Waals surface area contributed by atoms with Gasteiger partial charge >= 0.3 is 6.18 Å². The highest BCUT2D eigenvalue weighted by Gasteiger charge is 2.56. The lowest BCUT2D eigenvalue weighted by molar-refractivity contribution is -0.269. The monoisotopic (exact) mass is 370 g/mol. The van der Waals surface area contributed by atoms with E-state index in [1.54, 1.807) is 0 Å². The predicted molar refractivity (Wildman–Crippen MR) is 71.5 cm³/mol. The number of carbonyl (C=O) groups excluding carboxylic acids is 1. The normalized spacial score (nSPS) is 15.0. The van der Waals surface area contributed by atoms with E-state index in [1.807, 2.05) is 0 Å². The maximum Gasteiger partial charge on any atom is 0.421 e. The molecule has 1 rings (SSSR count). The Morgan fingerprint density at radius 3 is 2.10 bits per heavy atom. The number of ether oxygens (including phenoxy) is 2. The van der Waals surface area contributed by atoms with Crippen molar-refractivity contribution in [2.24, 2.45) is 0 Å². The van der Waals surface area contributed by atoms with Gasteiger partial charge in [-0.2, -0.15) is 13.2 Å². The molecule has 118 valence electrons. The molecule has 0 bridgehead atoms. The molecule has 1 aromatic rings. The van der Waals surface area contributed by atoms with Gasteiger partial charge in [0.15, 0.2) is 11.4 Å². The largest absolute Gasteiger partial charge is 0.421 e. The summed E-state index contributed by atoms with van der Waals surface area (Å²) < 4.78 is 49.5. The number of alkyl halides is 3. The minimum Gasteiger partial charge on any atom is -0.376 e. The Labute approximate surface area is 128 Å². The summed E-state index contributed by atoms with van der Waals surface area (Å²) in [5.74, 6) is -1.01. The van der Waals surface area contributed by atoms with Crippen molar-refractivity contribution in [3.05, 3.63) is 34.3 Å². The number of ketones is 1. The van der Waals surface area contributed by atoms with E-state index < -0.39 is 35.8 Å². The summed E-state index contributed by atoms with van der Waals surface area (Å²) >= 11 is 3.09. The average molecular weight is 371 g/mol. The predicted octanol–water partition coefficient (Wildman–Crippen LogP) is 2.78. The Hall–Kier alpha value is -0.960. The number of methoxy groups -OCH3 is 2. The fourth-order valence-corrected chi connectivity index (χ4v) is 2.05. The highest BCUT2D eigenvalue weighted by atomic mass is 79.9. The Morgan fingerprint density at radius 2 is 1.71 bits per heavy atom. The van der Waals surface area contributed by atoms with Gasteiger partial charge in [0.2, 0.25) is 6.29 Å². The summed E-state index contributed by atoms with van der Waals surface area (Å²) in [6, 6.07) is 4.89. The summed E-state index contributed by atoms with van der Waals surface area (Å²) in [4.78, 5) is 11.8. The quantitative estimate of drug-likeness (QED) is 0.782. The minimum atomic E-state index is -5.03. The first-order valence-corrected chi connectivity index (χ1v) is 6.58. The number of hydrogen-bond acceptors (Lipinski definition) is 4. The summed E-state index contributed by atoms with van der Waals surface area (Å²) in [5, 5.41) is 10.0.